The summed E-state index contributed by atoms with van der Waals surface area (Å²) >= 11 is 1.32. The summed E-state index contributed by atoms with van der Waals surface area (Å²) in [6.45, 7) is 1.03. The van der Waals surface area contributed by atoms with Crippen molar-refractivity contribution in [2.75, 3.05) is 18.5 Å². The summed E-state index contributed by atoms with van der Waals surface area (Å²) in [6, 6.07) is 7.09. The minimum atomic E-state index is -0.234. The SMILES string of the molecule is O=C(Nc1ccc2c(c1)OCCO2)c1sccc1-n1cnnn1. The van der Waals surface area contributed by atoms with E-state index in [0.29, 0.717) is 41.0 Å². The van der Waals surface area contributed by atoms with Gasteiger partial charge in [-0.3, -0.25) is 4.79 Å². The Kier molecular flexibility index (Phi) is 3.39. The predicted molar refractivity (Wildman–Crippen MR) is 82.4 cm³/mol. The predicted octanol–water partition coefficient (Wildman–Crippen LogP) is 1.75. The molecule has 116 valence electrons. The molecular formula is C14H11N5O3S. The van der Waals surface area contributed by atoms with Crippen LogP contribution in [0.5, 0.6) is 11.5 Å². The Morgan fingerprint density at radius 2 is 2.09 bits per heavy atom. The van der Waals surface area contributed by atoms with Crippen LogP contribution in [0.1, 0.15) is 9.67 Å². The van der Waals surface area contributed by atoms with Gasteiger partial charge in [0.2, 0.25) is 0 Å². The number of amides is 1. The molecule has 3 heterocycles. The lowest BCUT2D eigenvalue weighted by atomic mass is 10.2. The van der Waals surface area contributed by atoms with E-state index in [1.807, 2.05) is 5.38 Å². The Labute approximate surface area is 134 Å². The van der Waals surface area contributed by atoms with Crippen molar-refractivity contribution < 1.29 is 14.3 Å². The summed E-state index contributed by atoms with van der Waals surface area (Å²) in [5.74, 6) is 1.07. The van der Waals surface area contributed by atoms with Gasteiger partial charge >= 0.3 is 0 Å². The average molecular weight is 329 g/mol. The monoisotopic (exact) mass is 329 g/mol. The molecule has 4 rings (SSSR count). The van der Waals surface area contributed by atoms with E-state index in [1.54, 1.807) is 24.3 Å². The first kappa shape index (κ1) is 13.7. The van der Waals surface area contributed by atoms with E-state index in [4.69, 9.17) is 9.47 Å². The summed E-state index contributed by atoms with van der Waals surface area (Å²) in [6.07, 6.45) is 1.45. The van der Waals surface area contributed by atoms with Gasteiger partial charge in [0.15, 0.2) is 11.5 Å². The van der Waals surface area contributed by atoms with Gasteiger partial charge in [-0.15, -0.1) is 16.4 Å². The van der Waals surface area contributed by atoms with Gasteiger partial charge in [0.1, 0.15) is 24.4 Å². The number of hydrogen-bond donors (Lipinski definition) is 1. The highest BCUT2D eigenvalue weighted by Gasteiger charge is 2.17. The van der Waals surface area contributed by atoms with Crippen molar-refractivity contribution in [1.29, 1.82) is 0 Å². The van der Waals surface area contributed by atoms with Crippen molar-refractivity contribution in [3.63, 3.8) is 0 Å². The number of hydrogen-bond acceptors (Lipinski definition) is 7. The lowest BCUT2D eigenvalue weighted by Gasteiger charge is -2.19. The van der Waals surface area contributed by atoms with E-state index < -0.39 is 0 Å². The van der Waals surface area contributed by atoms with Crippen molar-refractivity contribution >= 4 is 22.9 Å². The minimum absolute atomic E-state index is 0.234. The van der Waals surface area contributed by atoms with Gasteiger partial charge in [-0.1, -0.05) is 0 Å². The molecule has 1 aliphatic rings. The fourth-order valence-corrected chi connectivity index (χ4v) is 3.01. The van der Waals surface area contributed by atoms with E-state index in [9.17, 15) is 4.79 Å². The maximum Gasteiger partial charge on any atom is 0.267 e. The van der Waals surface area contributed by atoms with E-state index in [-0.39, 0.29) is 5.91 Å². The molecule has 1 aliphatic heterocycles. The molecule has 0 radical (unpaired) electrons. The van der Waals surface area contributed by atoms with Crippen LogP contribution in [-0.4, -0.2) is 39.3 Å². The van der Waals surface area contributed by atoms with Gasteiger partial charge in [0, 0.05) is 11.8 Å². The molecule has 1 amide bonds. The van der Waals surface area contributed by atoms with Crippen LogP contribution in [-0.2, 0) is 0 Å². The molecule has 0 aliphatic carbocycles. The molecule has 3 aromatic rings. The Hall–Kier alpha value is -2.94. The van der Waals surface area contributed by atoms with Gasteiger partial charge in [0.25, 0.3) is 5.91 Å². The molecule has 0 fully saturated rings. The van der Waals surface area contributed by atoms with Gasteiger partial charge in [0.05, 0.1) is 5.69 Å². The van der Waals surface area contributed by atoms with Crippen molar-refractivity contribution in [1.82, 2.24) is 20.2 Å². The lowest BCUT2D eigenvalue weighted by Crippen LogP contribution is -2.16. The minimum Gasteiger partial charge on any atom is -0.486 e. The van der Waals surface area contributed by atoms with Crippen LogP contribution in [0.3, 0.4) is 0 Å². The summed E-state index contributed by atoms with van der Waals surface area (Å²) in [5, 5.41) is 15.6. The van der Waals surface area contributed by atoms with E-state index in [2.05, 4.69) is 20.8 Å². The summed E-state index contributed by atoms with van der Waals surface area (Å²) in [7, 11) is 0. The third-order valence-corrected chi connectivity index (χ3v) is 4.15. The number of nitrogens with zero attached hydrogens (tertiary/aromatic N) is 4. The number of rotatable bonds is 3. The normalized spacial score (nSPS) is 12.9. The fraction of sp³-hybridized carbons (Fsp3) is 0.143. The number of fused-ring (bicyclic) bond motifs is 1. The highest BCUT2D eigenvalue weighted by Crippen LogP contribution is 2.33. The van der Waals surface area contributed by atoms with Gasteiger partial charge < -0.3 is 14.8 Å². The second-order valence-corrected chi connectivity index (χ2v) is 5.62. The van der Waals surface area contributed by atoms with Crippen molar-refractivity contribution in [2.24, 2.45) is 0 Å². The number of tetrazole rings is 1. The first-order valence-electron chi connectivity index (χ1n) is 6.83. The molecule has 0 saturated carbocycles. The van der Waals surface area contributed by atoms with Crippen molar-refractivity contribution in [3.05, 3.63) is 40.8 Å². The highest BCUT2D eigenvalue weighted by molar-refractivity contribution is 7.12. The smallest absolute Gasteiger partial charge is 0.267 e. The molecular weight excluding hydrogens is 318 g/mol. The number of ether oxygens (including phenoxy) is 2. The summed E-state index contributed by atoms with van der Waals surface area (Å²) < 4.78 is 12.4. The molecule has 0 spiro atoms. The first-order chi connectivity index (χ1) is 11.3. The van der Waals surface area contributed by atoms with Crippen LogP contribution >= 0.6 is 11.3 Å². The molecule has 0 saturated heterocycles. The maximum absolute atomic E-state index is 12.5. The van der Waals surface area contributed by atoms with Crippen LogP contribution in [0.25, 0.3) is 5.69 Å². The van der Waals surface area contributed by atoms with Crippen molar-refractivity contribution in [2.45, 2.75) is 0 Å². The van der Waals surface area contributed by atoms with Gasteiger partial charge in [-0.2, -0.15) is 4.68 Å². The third kappa shape index (κ3) is 2.61. The molecule has 1 N–H and O–H groups in total. The standard InChI is InChI=1S/C14H11N5O3S/c20-14(13-10(3-6-23-13)19-8-15-17-18-19)16-9-1-2-11-12(7-9)22-5-4-21-11/h1-3,6-8H,4-5H2,(H,16,20). The number of carbonyl (C=O) groups excluding carboxylic acids is 1. The van der Waals surface area contributed by atoms with E-state index in [0.717, 1.165) is 0 Å². The fourth-order valence-electron chi connectivity index (χ4n) is 2.23. The zero-order valence-corrected chi connectivity index (χ0v) is 12.6. The van der Waals surface area contributed by atoms with Gasteiger partial charge in [-0.25, -0.2) is 0 Å². The quantitative estimate of drug-likeness (QED) is 0.787. The van der Waals surface area contributed by atoms with Crippen LogP contribution in [0.2, 0.25) is 0 Å². The molecule has 1 aromatic carbocycles. The molecule has 8 nitrogen and oxygen atoms in total. The summed E-state index contributed by atoms with van der Waals surface area (Å²) in [4.78, 5) is 13.0. The van der Waals surface area contributed by atoms with E-state index >= 15 is 0 Å². The average Bonchev–Trinajstić information content (AvgIpc) is 3.25. The molecule has 0 unspecified atom stereocenters. The Bertz CT molecular complexity index is 846. The zero-order valence-electron chi connectivity index (χ0n) is 11.8. The largest absolute Gasteiger partial charge is 0.486 e. The molecule has 23 heavy (non-hydrogen) atoms. The molecule has 0 bridgehead atoms. The number of anilines is 1. The lowest BCUT2D eigenvalue weighted by molar-refractivity contribution is 0.103. The second kappa shape index (κ2) is 5.69. The Morgan fingerprint density at radius 3 is 2.91 bits per heavy atom. The number of benzene rings is 1. The zero-order chi connectivity index (χ0) is 15.6. The molecule has 9 heteroatoms. The Balaban J connectivity index is 1.58. The summed E-state index contributed by atoms with van der Waals surface area (Å²) in [5.41, 5.74) is 1.27. The number of carbonyl (C=O) groups is 1. The van der Waals surface area contributed by atoms with Crippen LogP contribution in [0, 0.1) is 0 Å². The second-order valence-electron chi connectivity index (χ2n) is 4.70. The van der Waals surface area contributed by atoms with Crippen LogP contribution < -0.4 is 14.8 Å². The topological polar surface area (TPSA) is 91.2 Å². The maximum atomic E-state index is 12.5. The van der Waals surface area contributed by atoms with Crippen LogP contribution in [0.15, 0.2) is 36.0 Å². The number of nitrogens with one attached hydrogen (secondary N) is 1. The number of aromatic nitrogens is 4. The van der Waals surface area contributed by atoms with Gasteiger partial charge in [-0.05, 0) is 34.0 Å². The third-order valence-electron chi connectivity index (χ3n) is 3.25. The highest BCUT2D eigenvalue weighted by atomic mass is 32.1. The molecule has 0 atom stereocenters. The first-order valence-corrected chi connectivity index (χ1v) is 7.71. The van der Waals surface area contributed by atoms with Crippen LogP contribution in [0.4, 0.5) is 5.69 Å². The van der Waals surface area contributed by atoms with Crippen molar-refractivity contribution in [3.8, 4) is 17.2 Å². The molecule has 2 aromatic heterocycles. The number of thiophene rings is 1. The van der Waals surface area contributed by atoms with E-state index in [1.165, 1.54) is 22.3 Å². The Morgan fingerprint density at radius 1 is 1.22 bits per heavy atom.